The van der Waals surface area contributed by atoms with Gasteiger partial charge < -0.3 is 9.64 Å². The first-order valence-corrected chi connectivity index (χ1v) is 10.3. The van der Waals surface area contributed by atoms with Gasteiger partial charge in [0, 0.05) is 19.6 Å². The molecule has 0 amide bonds. The monoisotopic (exact) mass is 377 g/mol. The predicted molar refractivity (Wildman–Crippen MR) is 110 cm³/mol. The zero-order valence-corrected chi connectivity index (χ0v) is 16.4. The van der Waals surface area contributed by atoms with Crippen molar-refractivity contribution in [1.82, 2.24) is 19.7 Å². The molecule has 0 aliphatic carbocycles. The highest BCUT2D eigenvalue weighted by molar-refractivity contribution is 5.58. The molecule has 2 aliphatic rings. The Morgan fingerprint density at radius 2 is 1.86 bits per heavy atom. The minimum absolute atomic E-state index is 0.341. The molecule has 28 heavy (non-hydrogen) atoms. The molecule has 6 heteroatoms. The van der Waals surface area contributed by atoms with Gasteiger partial charge in [-0.1, -0.05) is 35.0 Å². The van der Waals surface area contributed by atoms with E-state index in [2.05, 4.69) is 69.6 Å². The average molecular weight is 377 g/mol. The molecular weight excluding hydrogens is 350 g/mol. The lowest BCUT2D eigenvalue weighted by atomic mass is 10.1. The Bertz CT molecular complexity index is 945. The SMILES string of the molecule is Cc1ccc(CN2CCCC2c2nnn3cc(N4CCOCC4)ccc23)cc1. The Kier molecular flexibility index (Phi) is 4.74. The maximum atomic E-state index is 5.47. The second-order valence-corrected chi connectivity index (χ2v) is 7.91. The van der Waals surface area contributed by atoms with E-state index in [-0.39, 0.29) is 0 Å². The molecule has 1 aromatic carbocycles. The minimum Gasteiger partial charge on any atom is -0.378 e. The van der Waals surface area contributed by atoms with Crippen LogP contribution < -0.4 is 4.90 Å². The van der Waals surface area contributed by atoms with E-state index in [1.54, 1.807) is 0 Å². The number of likely N-dealkylation sites (tertiary alicyclic amines) is 1. The Morgan fingerprint density at radius 3 is 2.68 bits per heavy atom. The van der Waals surface area contributed by atoms with Crippen LogP contribution in [0.1, 0.15) is 35.7 Å². The van der Waals surface area contributed by atoms with Gasteiger partial charge in [0.1, 0.15) is 5.69 Å². The molecule has 0 bridgehead atoms. The quantitative estimate of drug-likeness (QED) is 0.699. The molecule has 6 nitrogen and oxygen atoms in total. The van der Waals surface area contributed by atoms with Crippen LogP contribution in [-0.4, -0.2) is 52.6 Å². The fraction of sp³-hybridized carbons (Fsp3) is 0.455. The Balaban J connectivity index is 1.39. The van der Waals surface area contributed by atoms with Gasteiger partial charge in [-0.2, -0.15) is 0 Å². The highest BCUT2D eigenvalue weighted by Crippen LogP contribution is 2.34. The molecule has 0 saturated carbocycles. The number of aromatic nitrogens is 3. The van der Waals surface area contributed by atoms with Crippen LogP contribution in [0.5, 0.6) is 0 Å². The summed E-state index contributed by atoms with van der Waals surface area (Å²) in [7, 11) is 0. The average Bonchev–Trinajstić information content (AvgIpc) is 3.36. The van der Waals surface area contributed by atoms with Gasteiger partial charge in [-0.15, -0.1) is 5.10 Å². The lowest BCUT2D eigenvalue weighted by Crippen LogP contribution is -2.36. The Hall–Kier alpha value is -2.44. The Labute approximate surface area is 165 Å². The van der Waals surface area contributed by atoms with Crippen LogP contribution in [0.4, 0.5) is 5.69 Å². The number of nitrogens with zero attached hydrogens (tertiary/aromatic N) is 5. The summed E-state index contributed by atoms with van der Waals surface area (Å²) in [5, 5.41) is 9.05. The maximum Gasteiger partial charge on any atom is 0.108 e. The molecule has 1 atom stereocenters. The maximum absolute atomic E-state index is 5.47. The van der Waals surface area contributed by atoms with Crippen molar-refractivity contribution in [1.29, 1.82) is 0 Å². The number of hydrogen-bond donors (Lipinski definition) is 0. The zero-order chi connectivity index (χ0) is 18.9. The van der Waals surface area contributed by atoms with Crippen LogP contribution in [0.15, 0.2) is 42.6 Å². The van der Waals surface area contributed by atoms with Gasteiger partial charge in [0.25, 0.3) is 0 Å². The normalized spacial score (nSPS) is 20.9. The van der Waals surface area contributed by atoms with Crippen molar-refractivity contribution in [2.24, 2.45) is 0 Å². The molecule has 2 fully saturated rings. The van der Waals surface area contributed by atoms with Crippen molar-refractivity contribution in [2.75, 3.05) is 37.7 Å². The predicted octanol–water partition coefficient (Wildman–Crippen LogP) is 3.21. The fourth-order valence-corrected chi connectivity index (χ4v) is 4.40. The number of anilines is 1. The molecule has 4 heterocycles. The number of morpholine rings is 1. The molecule has 0 spiro atoms. The summed E-state index contributed by atoms with van der Waals surface area (Å²) in [6, 6.07) is 13.6. The molecule has 2 aliphatic heterocycles. The van der Waals surface area contributed by atoms with Gasteiger partial charge in [0.15, 0.2) is 0 Å². The van der Waals surface area contributed by atoms with Crippen molar-refractivity contribution in [3.8, 4) is 0 Å². The van der Waals surface area contributed by atoms with Crippen molar-refractivity contribution >= 4 is 11.2 Å². The van der Waals surface area contributed by atoms with Crippen molar-refractivity contribution in [3.63, 3.8) is 0 Å². The van der Waals surface area contributed by atoms with Crippen LogP contribution in [0.25, 0.3) is 5.52 Å². The molecule has 2 aromatic heterocycles. The summed E-state index contributed by atoms with van der Waals surface area (Å²) in [4.78, 5) is 4.90. The van der Waals surface area contributed by atoms with Gasteiger partial charge in [0.05, 0.1) is 36.7 Å². The second kappa shape index (κ2) is 7.53. The van der Waals surface area contributed by atoms with Crippen molar-refractivity contribution in [3.05, 3.63) is 59.4 Å². The highest BCUT2D eigenvalue weighted by Gasteiger charge is 2.30. The number of pyridine rings is 1. The van der Waals surface area contributed by atoms with Gasteiger partial charge in [-0.05, 0) is 44.0 Å². The van der Waals surface area contributed by atoms with Crippen LogP contribution in [-0.2, 0) is 11.3 Å². The molecule has 0 radical (unpaired) electrons. The van der Waals surface area contributed by atoms with Crippen molar-refractivity contribution < 1.29 is 4.74 Å². The molecule has 2 saturated heterocycles. The highest BCUT2D eigenvalue weighted by atomic mass is 16.5. The molecule has 1 unspecified atom stereocenters. The molecular formula is C22H27N5O. The molecule has 146 valence electrons. The van der Waals surface area contributed by atoms with Gasteiger partial charge in [-0.3, -0.25) is 4.90 Å². The van der Waals surface area contributed by atoms with Crippen LogP contribution in [0, 0.1) is 6.92 Å². The number of fused-ring (bicyclic) bond motifs is 1. The van der Waals surface area contributed by atoms with E-state index in [1.807, 2.05) is 4.52 Å². The number of benzene rings is 1. The molecule has 5 rings (SSSR count). The lowest BCUT2D eigenvalue weighted by Gasteiger charge is -2.28. The molecule has 3 aromatic rings. The van der Waals surface area contributed by atoms with E-state index in [0.717, 1.165) is 57.0 Å². The van der Waals surface area contributed by atoms with E-state index >= 15 is 0 Å². The van der Waals surface area contributed by atoms with Crippen LogP contribution >= 0.6 is 0 Å². The number of ether oxygens (including phenoxy) is 1. The topological polar surface area (TPSA) is 45.9 Å². The lowest BCUT2D eigenvalue weighted by molar-refractivity contribution is 0.122. The summed E-state index contributed by atoms with van der Waals surface area (Å²) >= 11 is 0. The first kappa shape index (κ1) is 17.6. The third-order valence-electron chi connectivity index (χ3n) is 5.99. The van der Waals surface area contributed by atoms with E-state index in [4.69, 9.17) is 4.74 Å². The van der Waals surface area contributed by atoms with Gasteiger partial charge in [0.2, 0.25) is 0 Å². The summed E-state index contributed by atoms with van der Waals surface area (Å²) in [5.74, 6) is 0. The van der Waals surface area contributed by atoms with E-state index in [0.29, 0.717) is 6.04 Å². The smallest absolute Gasteiger partial charge is 0.108 e. The zero-order valence-electron chi connectivity index (χ0n) is 16.4. The van der Waals surface area contributed by atoms with Gasteiger partial charge in [-0.25, -0.2) is 4.52 Å². The second-order valence-electron chi connectivity index (χ2n) is 7.91. The Morgan fingerprint density at radius 1 is 1.04 bits per heavy atom. The summed E-state index contributed by atoms with van der Waals surface area (Å²) in [6.07, 6.45) is 4.46. The van der Waals surface area contributed by atoms with Crippen molar-refractivity contribution in [2.45, 2.75) is 32.4 Å². The van der Waals surface area contributed by atoms with E-state index in [9.17, 15) is 0 Å². The first-order chi connectivity index (χ1) is 13.8. The summed E-state index contributed by atoms with van der Waals surface area (Å²) in [6.45, 7) is 7.66. The number of aryl methyl sites for hydroxylation is 1. The van der Waals surface area contributed by atoms with E-state index in [1.165, 1.54) is 23.2 Å². The van der Waals surface area contributed by atoms with Crippen LogP contribution in [0.3, 0.4) is 0 Å². The van der Waals surface area contributed by atoms with Crippen LogP contribution in [0.2, 0.25) is 0 Å². The first-order valence-electron chi connectivity index (χ1n) is 10.3. The summed E-state index contributed by atoms with van der Waals surface area (Å²) < 4.78 is 7.41. The van der Waals surface area contributed by atoms with Gasteiger partial charge >= 0.3 is 0 Å². The fourth-order valence-electron chi connectivity index (χ4n) is 4.40. The number of hydrogen-bond acceptors (Lipinski definition) is 5. The van der Waals surface area contributed by atoms with E-state index < -0.39 is 0 Å². The summed E-state index contributed by atoms with van der Waals surface area (Å²) in [5.41, 5.74) is 6.09. The molecule has 0 N–H and O–H groups in total. The standard InChI is InChI=1S/C22H27N5O/c1-17-4-6-18(7-5-17)15-26-10-2-3-20(26)22-21-9-8-19(16-27(21)24-23-22)25-11-13-28-14-12-25/h4-9,16,20H,2-3,10-15H2,1H3. The minimum atomic E-state index is 0.341. The third kappa shape index (κ3) is 3.38. The largest absolute Gasteiger partial charge is 0.378 e. The third-order valence-corrected chi connectivity index (χ3v) is 5.99. The number of rotatable bonds is 4.